The van der Waals surface area contributed by atoms with Crippen LogP contribution in [0.4, 0.5) is 15.8 Å². The molecule has 1 aromatic heterocycles. The zero-order valence-electron chi connectivity index (χ0n) is 16.2. The normalized spacial score (nSPS) is 14.4. The number of nitrogens with zero attached hydrogens (tertiary/aromatic N) is 3. The molecule has 0 bridgehead atoms. The third-order valence-corrected chi connectivity index (χ3v) is 5.04. The largest absolute Gasteiger partial charge is 0.384 e. The van der Waals surface area contributed by atoms with Crippen LogP contribution in [-0.2, 0) is 6.54 Å². The van der Waals surface area contributed by atoms with Crippen LogP contribution in [0, 0.1) is 5.82 Å². The zero-order valence-corrected chi connectivity index (χ0v) is 16.2. The molecule has 2 aromatic carbocycles. The first-order valence-electron chi connectivity index (χ1n) is 9.41. The van der Waals surface area contributed by atoms with E-state index in [1.54, 1.807) is 12.1 Å². The van der Waals surface area contributed by atoms with Crippen molar-refractivity contribution < 1.29 is 4.39 Å². The van der Waals surface area contributed by atoms with E-state index in [4.69, 9.17) is 11.7 Å². The smallest absolute Gasteiger partial charge is 0.190 e. The minimum absolute atomic E-state index is 0.265. The Kier molecular flexibility index (Phi) is 5.20. The van der Waals surface area contributed by atoms with Gasteiger partial charge >= 0.3 is 0 Å². The molecule has 1 aliphatic rings. The molecule has 0 saturated heterocycles. The zero-order chi connectivity index (χ0) is 20.4. The number of likely N-dealkylation sites (N-methyl/N-ethyl adjacent to an activating group) is 1. The third kappa shape index (κ3) is 3.67. The van der Waals surface area contributed by atoms with E-state index in [1.165, 1.54) is 17.1 Å². The predicted molar refractivity (Wildman–Crippen MR) is 115 cm³/mol. The number of halogens is 1. The summed E-state index contributed by atoms with van der Waals surface area (Å²) < 4.78 is 15.4. The maximum atomic E-state index is 13.3. The molecule has 6 N–H and O–H groups in total. The lowest BCUT2D eigenvalue weighted by molar-refractivity contribution is 0.628. The lowest BCUT2D eigenvalue weighted by atomic mass is 10.1. The molecule has 29 heavy (non-hydrogen) atoms. The molecule has 0 fully saturated rings. The van der Waals surface area contributed by atoms with Crippen LogP contribution in [0.15, 0.2) is 59.8 Å². The fourth-order valence-corrected chi connectivity index (χ4v) is 3.57. The van der Waals surface area contributed by atoms with Crippen LogP contribution in [0.1, 0.15) is 11.3 Å². The minimum atomic E-state index is -0.265. The van der Waals surface area contributed by atoms with Crippen molar-refractivity contribution in [3.05, 3.63) is 71.8 Å². The Balaban J connectivity index is 1.73. The van der Waals surface area contributed by atoms with Crippen molar-refractivity contribution in [3.8, 4) is 11.1 Å². The van der Waals surface area contributed by atoms with Gasteiger partial charge in [-0.3, -0.25) is 5.01 Å². The van der Waals surface area contributed by atoms with E-state index in [1.807, 2.05) is 31.4 Å². The minimum Gasteiger partial charge on any atom is -0.384 e. The van der Waals surface area contributed by atoms with Gasteiger partial charge in [0.15, 0.2) is 5.84 Å². The number of hydrazone groups is 1. The fraction of sp³-hybridized carbons (Fsp3) is 0.190. The molecule has 0 atom stereocenters. The molecule has 0 aliphatic carbocycles. The van der Waals surface area contributed by atoms with Gasteiger partial charge in [-0.25, -0.2) is 10.2 Å². The molecule has 150 valence electrons. The number of hydrazine groups is 1. The van der Waals surface area contributed by atoms with Crippen LogP contribution in [0.2, 0.25) is 0 Å². The quantitative estimate of drug-likeness (QED) is 0.303. The number of aromatic nitrogens is 1. The number of rotatable bonds is 5. The summed E-state index contributed by atoms with van der Waals surface area (Å²) >= 11 is 0. The molecule has 1 aliphatic heterocycles. The number of nitrogens with two attached hydrogens (primary N) is 2. The first kappa shape index (κ1) is 19.0. The molecular formula is C21H24FN7. The van der Waals surface area contributed by atoms with Crippen molar-refractivity contribution in [2.24, 2.45) is 16.8 Å². The Morgan fingerprint density at radius 1 is 1.07 bits per heavy atom. The number of amidine groups is 1. The first-order valence-corrected chi connectivity index (χ1v) is 9.41. The molecule has 0 spiro atoms. The standard InChI is InChI=1S/C21H24FN7/c1-25-8-9-26-18-6-7-19-16(10-18)13-28-12-15(14-2-4-17(22)5-3-14)11-20(28)21(27-23)29(19)24/h2-7,10-12,25-26H,8-9,13,23-24H2,1H3/b27-21-. The fourth-order valence-electron chi connectivity index (χ4n) is 3.57. The van der Waals surface area contributed by atoms with E-state index in [-0.39, 0.29) is 5.82 Å². The highest BCUT2D eigenvalue weighted by Crippen LogP contribution is 2.31. The number of nitrogens with one attached hydrogen (secondary N) is 2. The van der Waals surface area contributed by atoms with Crippen LogP contribution in [0.5, 0.6) is 0 Å². The van der Waals surface area contributed by atoms with Gasteiger partial charge in [0, 0.05) is 37.1 Å². The van der Waals surface area contributed by atoms with E-state index in [0.29, 0.717) is 12.4 Å². The number of hydrogen-bond donors (Lipinski definition) is 4. The Hall–Kier alpha value is -3.36. The summed E-state index contributed by atoms with van der Waals surface area (Å²) in [5.41, 5.74) is 5.57. The van der Waals surface area contributed by atoms with Gasteiger partial charge in [-0.1, -0.05) is 12.1 Å². The molecular weight excluding hydrogens is 369 g/mol. The van der Waals surface area contributed by atoms with E-state index < -0.39 is 0 Å². The van der Waals surface area contributed by atoms with E-state index in [2.05, 4.69) is 26.4 Å². The van der Waals surface area contributed by atoms with Gasteiger partial charge in [0.05, 0.1) is 11.4 Å². The summed E-state index contributed by atoms with van der Waals surface area (Å²) in [5.74, 6) is 12.3. The molecule has 0 saturated carbocycles. The van der Waals surface area contributed by atoms with Crippen LogP contribution >= 0.6 is 0 Å². The van der Waals surface area contributed by atoms with Gasteiger partial charge in [-0.15, -0.1) is 0 Å². The highest BCUT2D eigenvalue weighted by Gasteiger charge is 2.25. The SMILES string of the molecule is CNCCNc1ccc2c(c1)Cn1cc(-c3ccc(F)cc3)cc1/C(=N/N)N2N. The number of benzene rings is 2. The van der Waals surface area contributed by atoms with Gasteiger partial charge in [0.1, 0.15) is 5.82 Å². The summed E-state index contributed by atoms with van der Waals surface area (Å²) in [4.78, 5) is 0. The van der Waals surface area contributed by atoms with Crippen molar-refractivity contribution in [2.45, 2.75) is 6.54 Å². The van der Waals surface area contributed by atoms with Gasteiger partial charge < -0.3 is 21.0 Å². The summed E-state index contributed by atoms with van der Waals surface area (Å²) in [6, 6.07) is 14.4. The van der Waals surface area contributed by atoms with Crippen LogP contribution in [-0.4, -0.2) is 30.5 Å². The van der Waals surface area contributed by atoms with Crippen molar-refractivity contribution in [1.82, 2.24) is 9.88 Å². The van der Waals surface area contributed by atoms with Crippen LogP contribution in [0.25, 0.3) is 11.1 Å². The topological polar surface area (TPSA) is 96.6 Å². The van der Waals surface area contributed by atoms with E-state index in [9.17, 15) is 4.39 Å². The number of fused-ring (bicyclic) bond motifs is 2. The van der Waals surface area contributed by atoms with Gasteiger partial charge in [-0.05, 0) is 54.6 Å². The van der Waals surface area contributed by atoms with Crippen molar-refractivity contribution in [2.75, 3.05) is 30.5 Å². The van der Waals surface area contributed by atoms with Crippen molar-refractivity contribution in [1.29, 1.82) is 0 Å². The first-order chi connectivity index (χ1) is 14.1. The third-order valence-electron chi connectivity index (χ3n) is 5.04. The summed E-state index contributed by atoms with van der Waals surface area (Å²) in [5, 5.41) is 12.0. The average molecular weight is 393 g/mol. The Bertz CT molecular complexity index is 1040. The monoisotopic (exact) mass is 393 g/mol. The number of anilines is 2. The molecule has 4 rings (SSSR count). The maximum Gasteiger partial charge on any atom is 0.190 e. The predicted octanol–water partition coefficient (Wildman–Crippen LogP) is 2.29. The van der Waals surface area contributed by atoms with Crippen molar-refractivity contribution >= 4 is 17.2 Å². The molecule has 3 aromatic rings. The molecule has 2 heterocycles. The second-order valence-electron chi connectivity index (χ2n) is 6.95. The average Bonchev–Trinajstić information content (AvgIpc) is 3.08. The molecule has 0 unspecified atom stereocenters. The maximum absolute atomic E-state index is 13.3. The van der Waals surface area contributed by atoms with Gasteiger partial charge in [0.25, 0.3) is 0 Å². The second-order valence-corrected chi connectivity index (χ2v) is 6.95. The number of hydrogen-bond acceptors (Lipinski definition) is 5. The summed E-state index contributed by atoms with van der Waals surface area (Å²) in [6.45, 7) is 2.30. The van der Waals surface area contributed by atoms with Crippen molar-refractivity contribution in [3.63, 3.8) is 0 Å². The van der Waals surface area contributed by atoms with E-state index >= 15 is 0 Å². The van der Waals surface area contributed by atoms with Gasteiger partial charge in [-0.2, -0.15) is 5.10 Å². The Morgan fingerprint density at radius 3 is 2.59 bits per heavy atom. The molecule has 0 radical (unpaired) electrons. The molecule has 0 amide bonds. The van der Waals surface area contributed by atoms with Gasteiger partial charge in [0.2, 0.25) is 0 Å². The van der Waals surface area contributed by atoms with Crippen LogP contribution < -0.4 is 27.3 Å². The second kappa shape index (κ2) is 7.94. The lowest BCUT2D eigenvalue weighted by Gasteiger charge is -2.20. The lowest BCUT2D eigenvalue weighted by Crippen LogP contribution is -2.39. The molecule has 8 heteroatoms. The Labute approximate surface area is 168 Å². The van der Waals surface area contributed by atoms with E-state index in [0.717, 1.165) is 46.8 Å². The molecule has 7 nitrogen and oxygen atoms in total. The Morgan fingerprint density at radius 2 is 1.86 bits per heavy atom. The summed E-state index contributed by atoms with van der Waals surface area (Å²) in [6.07, 6.45) is 2.01. The highest BCUT2D eigenvalue weighted by molar-refractivity contribution is 6.09. The summed E-state index contributed by atoms with van der Waals surface area (Å²) in [7, 11) is 1.92. The highest BCUT2D eigenvalue weighted by atomic mass is 19.1. The van der Waals surface area contributed by atoms with Crippen LogP contribution in [0.3, 0.4) is 0 Å².